The van der Waals surface area contributed by atoms with E-state index >= 15 is 0 Å². The molecule has 0 spiro atoms. The highest BCUT2D eigenvalue weighted by atomic mass is 16.1. The van der Waals surface area contributed by atoms with Crippen LogP contribution in [-0.2, 0) is 0 Å². The van der Waals surface area contributed by atoms with E-state index in [2.05, 4.69) is 15.6 Å². The molecule has 1 aromatic carbocycles. The molecule has 6 heteroatoms. The topological polar surface area (TPSA) is 71.3 Å². The summed E-state index contributed by atoms with van der Waals surface area (Å²) in [5.41, 5.74) is 4.32. The van der Waals surface area contributed by atoms with Gasteiger partial charge in [0.05, 0.1) is 5.69 Å². The molecule has 3 aromatic rings. The van der Waals surface area contributed by atoms with Gasteiger partial charge in [-0.3, -0.25) is 4.79 Å². The fraction of sp³-hybridized carbons (Fsp3) is 0.316. The van der Waals surface area contributed by atoms with Crippen LogP contribution in [0.5, 0.6) is 0 Å². The second-order valence-corrected chi connectivity index (χ2v) is 6.44. The molecule has 1 aliphatic rings. The van der Waals surface area contributed by atoms with Gasteiger partial charge in [0.1, 0.15) is 0 Å². The van der Waals surface area contributed by atoms with E-state index in [1.54, 1.807) is 6.20 Å². The van der Waals surface area contributed by atoms with Crippen LogP contribution in [0, 0.1) is 6.92 Å². The highest BCUT2D eigenvalue weighted by Gasteiger charge is 2.24. The Hall–Kier alpha value is -2.89. The quantitative estimate of drug-likeness (QED) is 0.752. The summed E-state index contributed by atoms with van der Waals surface area (Å²) >= 11 is 0. The minimum atomic E-state index is 0.0120. The molecule has 2 heterocycles. The number of anilines is 1. The number of hydrogen-bond acceptors (Lipinski definition) is 4. The Bertz CT molecular complexity index is 942. The van der Waals surface area contributed by atoms with E-state index < -0.39 is 0 Å². The molecular formula is C19H21N5O. The number of fused-ring (bicyclic) bond motifs is 1. The molecule has 128 valence electrons. The molecule has 1 fully saturated rings. The first-order valence-electron chi connectivity index (χ1n) is 8.65. The number of rotatable bonds is 5. The van der Waals surface area contributed by atoms with Crippen LogP contribution in [0.25, 0.3) is 16.9 Å². The summed E-state index contributed by atoms with van der Waals surface area (Å²) in [6, 6.07) is 6.22. The molecule has 25 heavy (non-hydrogen) atoms. The van der Waals surface area contributed by atoms with Gasteiger partial charge in [0.2, 0.25) is 0 Å². The van der Waals surface area contributed by atoms with Gasteiger partial charge in [-0.25, -0.2) is 9.97 Å². The number of hydrogen-bond donors (Lipinski definition) is 2. The van der Waals surface area contributed by atoms with Crippen LogP contribution in [-0.4, -0.2) is 32.9 Å². The van der Waals surface area contributed by atoms with Crippen LogP contribution in [0.15, 0.2) is 36.8 Å². The van der Waals surface area contributed by atoms with Crippen molar-refractivity contribution in [1.82, 2.24) is 19.7 Å². The zero-order valence-corrected chi connectivity index (χ0v) is 14.4. The Morgan fingerprint density at radius 2 is 2.20 bits per heavy atom. The monoisotopic (exact) mass is 335 g/mol. The second-order valence-electron chi connectivity index (χ2n) is 6.44. The molecule has 0 atom stereocenters. The van der Waals surface area contributed by atoms with Gasteiger partial charge in [-0.05, 0) is 44.4 Å². The predicted octanol–water partition coefficient (Wildman–Crippen LogP) is 3.03. The van der Waals surface area contributed by atoms with E-state index in [0.717, 1.165) is 53.2 Å². The average molecular weight is 335 g/mol. The molecule has 0 saturated heterocycles. The molecule has 0 bridgehead atoms. The molecule has 1 amide bonds. The van der Waals surface area contributed by atoms with Crippen LogP contribution in [0.4, 0.5) is 5.82 Å². The minimum absolute atomic E-state index is 0.0120. The van der Waals surface area contributed by atoms with Gasteiger partial charge in [-0.15, -0.1) is 0 Å². The van der Waals surface area contributed by atoms with Crippen LogP contribution < -0.4 is 10.6 Å². The third-order valence-electron chi connectivity index (χ3n) is 4.40. The second kappa shape index (κ2) is 6.20. The minimum Gasteiger partial charge on any atom is -0.367 e. The number of amides is 1. The summed E-state index contributed by atoms with van der Waals surface area (Å²) in [7, 11) is 0. The van der Waals surface area contributed by atoms with Crippen molar-refractivity contribution in [2.75, 3.05) is 11.9 Å². The number of nitrogens with one attached hydrogen (secondary N) is 2. The van der Waals surface area contributed by atoms with E-state index in [1.807, 2.05) is 48.8 Å². The van der Waals surface area contributed by atoms with E-state index in [-0.39, 0.29) is 5.91 Å². The molecule has 0 aliphatic heterocycles. The molecule has 2 aromatic heterocycles. The Morgan fingerprint density at radius 3 is 2.92 bits per heavy atom. The number of aryl methyl sites for hydroxylation is 1. The number of carbonyl (C=O) groups is 1. The molecule has 6 nitrogen and oxygen atoms in total. The summed E-state index contributed by atoms with van der Waals surface area (Å²) in [6.45, 7) is 4.77. The van der Waals surface area contributed by atoms with Crippen LogP contribution in [0.1, 0.15) is 35.7 Å². The smallest absolute Gasteiger partial charge is 0.251 e. The van der Waals surface area contributed by atoms with Crippen molar-refractivity contribution in [2.45, 2.75) is 32.7 Å². The molecule has 0 radical (unpaired) electrons. The van der Waals surface area contributed by atoms with Gasteiger partial charge >= 0.3 is 0 Å². The Kier molecular flexibility index (Phi) is 3.87. The SMILES string of the molecule is CCNc1nc(-c2ccc(C(=O)NC3CC3)c(C)c2)cn2ccnc12. The van der Waals surface area contributed by atoms with Crippen LogP contribution in [0.3, 0.4) is 0 Å². The molecule has 4 rings (SSSR count). The van der Waals surface area contributed by atoms with Crippen molar-refractivity contribution in [3.63, 3.8) is 0 Å². The van der Waals surface area contributed by atoms with E-state index in [4.69, 9.17) is 4.98 Å². The van der Waals surface area contributed by atoms with Gasteiger partial charge in [0, 0.05) is 42.3 Å². The summed E-state index contributed by atoms with van der Waals surface area (Å²) in [5.74, 6) is 0.774. The van der Waals surface area contributed by atoms with E-state index in [1.165, 1.54) is 0 Å². The van der Waals surface area contributed by atoms with Gasteiger partial charge in [-0.1, -0.05) is 6.07 Å². The van der Waals surface area contributed by atoms with Gasteiger partial charge in [0.15, 0.2) is 11.5 Å². The van der Waals surface area contributed by atoms with Crippen molar-refractivity contribution in [3.8, 4) is 11.3 Å². The van der Waals surface area contributed by atoms with Crippen molar-refractivity contribution in [3.05, 3.63) is 47.9 Å². The number of nitrogens with zero attached hydrogens (tertiary/aromatic N) is 3. The maximum absolute atomic E-state index is 12.3. The lowest BCUT2D eigenvalue weighted by atomic mass is 10.0. The zero-order valence-electron chi connectivity index (χ0n) is 14.4. The Labute approximate surface area is 146 Å². The lowest BCUT2D eigenvalue weighted by Crippen LogP contribution is -2.26. The van der Waals surface area contributed by atoms with Crippen LogP contribution >= 0.6 is 0 Å². The number of aromatic nitrogens is 3. The summed E-state index contributed by atoms with van der Waals surface area (Å²) in [5, 5.41) is 6.30. The zero-order chi connectivity index (χ0) is 17.4. The van der Waals surface area contributed by atoms with Gasteiger partial charge in [0.25, 0.3) is 5.91 Å². The van der Waals surface area contributed by atoms with Crippen molar-refractivity contribution in [1.29, 1.82) is 0 Å². The van der Waals surface area contributed by atoms with Gasteiger partial charge < -0.3 is 15.0 Å². The predicted molar refractivity (Wildman–Crippen MR) is 97.8 cm³/mol. The fourth-order valence-electron chi connectivity index (χ4n) is 2.93. The highest BCUT2D eigenvalue weighted by Crippen LogP contribution is 2.25. The van der Waals surface area contributed by atoms with E-state index in [9.17, 15) is 4.79 Å². The number of imidazole rings is 1. The molecule has 1 aliphatic carbocycles. The Morgan fingerprint density at radius 1 is 1.36 bits per heavy atom. The van der Waals surface area contributed by atoms with Crippen LogP contribution in [0.2, 0.25) is 0 Å². The van der Waals surface area contributed by atoms with E-state index in [0.29, 0.717) is 6.04 Å². The lowest BCUT2D eigenvalue weighted by molar-refractivity contribution is 0.0950. The molecule has 1 saturated carbocycles. The highest BCUT2D eigenvalue weighted by molar-refractivity contribution is 5.96. The lowest BCUT2D eigenvalue weighted by Gasteiger charge is -2.11. The normalized spacial score (nSPS) is 13.8. The largest absolute Gasteiger partial charge is 0.367 e. The summed E-state index contributed by atoms with van der Waals surface area (Å²) in [4.78, 5) is 21.4. The summed E-state index contributed by atoms with van der Waals surface area (Å²) < 4.78 is 1.96. The van der Waals surface area contributed by atoms with Crippen molar-refractivity contribution < 1.29 is 4.79 Å². The molecule has 2 N–H and O–H groups in total. The molecule has 0 unspecified atom stereocenters. The van der Waals surface area contributed by atoms with Crippen molar-refractivity contribution in [2.24, 2.45) is 0 Å². The van der Waals surface area contributed by atoms with Crippen molar-refractivity contribution >= 4 is 17.4 Å². The van der Waals surface area contributed by atoms with Gasteiger partial charge in [-0.2, -0.15) is 0 Å². The third-order valence-corrected chi connectivity index (χ3v) is 4.40. The fourth-order valence-corrected chi connectivity index (χ4v) is 2.93. The first-order chi connectivity index (χ1) is 12.2. The summed E-state index contributed by atoms with van der Waals surface area (Å²) in [6.07, 6.45) is 7.81. The first kappa shape index (κ1) is 15.6. The first-order valence-corrected chi connectivity index (χ1v) is 8.65. The number of carbonyl (C=O) groups excluding carboxylic acids is 1. The maximum Gasteiger partial charge on any atom is 0.251 e. The maximum atomic E-state index is 12.3. The average Bonchev–Trinajstić information content (AvgIpc) is 3.27. The third kappa shape index (κ3) is 3.07. The standard InChI is InChI=1S/C19H21N5O/c1-3-20-17-18-21-8-9-24(18)11-16(23-17)13-4-7-15(12(2)10-13)19(25)22-14-5-6-14/h4,7-11,14H,3,5-6H2,1-2H3,(H,20,23)(H,22,25). The Balaban J connectivity index is 1.70. The molecular weight excluding hydrogens is 314 g/mol. The number of benzene rings is 1.